The summed E-state index contributed by atoms with van der Waals surface area (Å²) in [6.45, 7) is 8.54. The van der Waals surface area contributed by atoms with Crippen LogP contribution in [0, 0.1) is 25.6 Å². The second-order valence-electron chi connectivity index (χ2n) is 6.44. The fourth-order valence-corrected chi connectivity index (χ4v) is 2.73. The van der Waals surface area contributed by atoms with E-state index in [1.165, 1.54) is 11.8 Å². The number of aromatic nitrogens is 2. The van der Waals surface area contributed by atoms with Crippen molar-refractivity contribution in [2.24, 2.45) is 10.9 Å². The number of nitrogens with one attached hydrogen (secondary N) is 2. The van der Waals surface area contributed by atoms with Crippen molar-refractivity contribution < 1.29 is 4.39 Å². The van der Waals surface area contributed by atoms with Crippen molar-refractivity contribution in [1.82, 2.24) is 20.4 Å². The Bertz CT molecular complexity index is 708. The van der Waals surface area contributed by atoms with Crippen LogP contribution in [0.15, 0.2) is 35.3 Å². The molecule has 0 saturated carbocycles. The van der Waals surface area contributed by atoms with E-state index < -0.39 is 0 Å². The molecule has 0 saturated heterocycles. The topological polar surface area (TPSA) is 54.2 Å². The minimum Gasteiger partial charge on any atom is -0.356 e. The summed E-state index contributed by atoms with van der Waals surface area (Å²) in [5, 5.41) is 11.0. The summed E-state index contributed by atoms with van der Waals surface area (Å²) in [5.74, 6) is 0.977. The summed E-state index contributed by atoms with van der Waals surface area (Å²) in [5.41, 5.74) is 2.93. The number of hydrogen-bond donors (Lipinski definition) is 2. The van der Waals surface area contributed by atoms with Gasteiger partial charge < -0.3 is 10.6 Å². The molecular formula is C19H28FN5. The Morgan fingerprint density at radius 1 is 1.28 bits per heavy atom. The van der Waals surface area contributed by atoms with Crippen molar-refractivity contribution >= 4 is 5.96 Å². The van der Waals surface area contributed by atoms with Crippen molar-refractivity contribution in [3.8, 4) is 0 Å². The zero-order valence-corrected chi connectivity index (χ0v) is 15.5. The van der Waals surface area contributed by atoms with Crippen molar-refractivity contribution in [1.29, 1.82) is 0 Å². The third-order valence-electron chi connectivity index (χ3n) is 4.07. The number of rotatable bonds is 7. The summed E-state index contributed by atoms with van der Waals surface area (Å²) in [7, 11) is 1.74. The van der Waals surface area contributed by atoms with Crippen LogP contribution < -0.4 is 10.6 Å². The molecule has 0 radical (unpaired) electrons. The molecule has 1 atom stereocenters. The normalized spacial score (nSPS) is 12.9. The molecule has 25 heavy (non-hydrogen) atoms. The van der Waals surface area contributed by atoms with Crippen LogP contribution in [-0.4, -0.2) is 35.9 Å². The summed E-state index contributed by atoms with van der Waals surface area (Å²) in [6.07, 6.45) is 0.620. The van der Waals surface area contributed by atoms with Crippen LogP contribution in [0.25, 0.3) is 0 Å². The molecule has 0 spiro atoms. The molecule has 0 fully saturated rings. The van der Waals surface area contributed by atoms with Gasteiger partial charge in [-0.15, -0.1) is 0 Å². The summed E-state index contributed by atoms with van der Waals surface area (Å²) >= 11 is 0. The Morgan fingerprint density at radius 2 is 2.04 bits per heavy atom. The Balaban J connectivity index is 1.74. The Kier molecular flexibility index (Phi) is 6.98. The first-order valence-corrected chi connectivity index (χ1v) is 8.68. The van der Waals surface area contributed by atoms with Crippen LogP contribution in [0.3, 0.4) is 0 Å². The Hall–Kier alpha value is -2.37. The molecule has 0 amide bonds. The van der Waals surface area contributed by atoms with Gasteiger partial charge in [-0.05, 0) is 43.9 Å². The number of nitrogens with zero attached hydrogens (tertiary/aromatic N) is 3. The van der Waals surface area contributed by atoms with Gasteiger partial charge in [-0.1, -0.05) is 25.1 Å². The van der Waals surface area contributed by atoms with E-state index in [1.807, 2.05) is 23.7 Å². The fourth-order valence-electron chi connectivity index (χ4n) is 2.73. The highest BCUT2D eigenvalue weighted by molar-refractivity contribution is 5.79. The predicted molar refractivity (Wildman–Crippen MR) is 100 cm³/mol. The average molecular weight is 345 g/mol. The first-order chi connectivity index (χ1) is 12.0. The van der Waals surface area contributed by atoms with Crippen LogP contribution in [0.4, 0.5) is 4.39 Å². The highest BCUT2D eigenvalue weighted by Crippen LogP contribution is 2.07. The number of guanidine groups is 1. The third kappa shape index (κ3) is 5.89. The van der Waals surface area contributed by atoms with Crippen molar-refractivity contribution in [3.05, 3.63) is 53.1 Å². The van der Waals surface area contributed by atoms with Crippen LogP contribution in [-0.2, 0) is 13.0 Å². The smallest absolute Gasteiger partial charge is 0.190 e. The van der Waals surface area contributed by atoms with Crippen molar-refractivity contribution in [2.45, 2.75) is 33.7 Å². The SMILES string of the molecule is CN=C(NCCc1ccccc1F)NCC(C)Cn1nc(C)cc1C. The molecule has 6 heteroatoms. The van der Waals surface area contributed by atoms with Gasteiger partial charge in [-0.25, -0.2) is 4.39 Å². The minimum atomic E-state index is -0.161. The molecule has 1 heterocycles. The van der Waals surface area contributed by atoms with E-state index in [9.17, 15) is 4.39 Å². The molecule has 2 rings (SSSR count). The zero-order chi connectivity index (χ0) is 18.2. The van der Waals surface area contributed by atoms with Crippen LogP contribution in [0.5, 0.6) is 0 Å². The molecule has 2 aromatic rings. The van der Waals surface area contributed by atoms with Gasteiger partial charge in [0.25, 0.3) is 0 Å². The lowest BCUT2D eigenvalue weighted by atomic mass is 10.1. The summed E-state index contributed by atoms with van der Waals surface area (Å²) < 4.78 is 15.6. The largest absolute Gasteiger partial charge is 0.356 e. The monoisotopic (exact) mass is 345 g/mol. The molecule has 1 aromatic carbocycles. The van der Waals surface area contributed by atoms with Gasteiger partial charge in [0.05, 0.1) is 5.69 Å². The summed E-state index contributed by atoms with van der Waals surface area (Å²) in [4.78, 5) is 4.22. The van der Waals surface area contributed by atoms with E-state index in [0.29, 0.717) is 24.4 Å². The van der Waals surface area contributed by atoms with E-state index in [1.54, 1.807) is 13.1 Å². The predicted octanol–water partition coefficient (Wildman–Crippen LogP) is 2.68. The number of halogens is 1. The molecule has 5 nitrogen and oxygen atoms in total. The maximum absolute atomic E-state index is 13.6. The van der Waals surface area contributed by atoms with Gasteiger partial charge in [-0.3, -0.25) is 9.67 Å². The summed E-state index contributed by atoms with van der Waals surface area (Å²) in [6, 6.07) is 8.94. The maximum Gasteiger partial charge on any atom is 0.190 e. The molecule has 0 bridgehead atoms. The van der Waals surface area contributed by atoms with E-state index in [-0.39, 0.29) is 5.82 Å². The molecule has 136 valence electrons. The molecule has 0 aliphatic heterocycles. The average Bonchev–Trinajstić information content (AvgIpc) is 2.89. The highest BCUT2D eigenvalue weighted by Gasteiger charge is 2.08. The lowest BCUT2D eigenvalue weighted by molar-refractivity contribution is 0.436. The van der Waals surface area contributed by atoms with Crippen LogP contribution >= 0.6 is 0 Å². The molecule has 1 aromatic heterocycles. The van der Waals surface area contributed by atoms with Crippen LogP contribution in [0.2, 0.25) is 0 Å². The maximum atomic E-state index is 13.6. The van der Waals surface area contributed by atoms with Gasteiger partial charge in [0.1, 0.15) is 5.82 Å². The second-order valence-corrected chi connectivity index (χ2v) is 6.44. The molecule has 0 aliphatic rings. The molecule has 1 unspecified atom stereocenters. The van der Waals surface area contributed by atoms with Crippen molar-refractivity contribution in [3.63, 3.8) is 0 Å². The van der Waals surface area contributed by atoms with Crippen LogP contribution in [0.1, 0.15) is 23.9 Å². The number of hydrogen-bond acceptors (Lipinski definition) is 2. The third-order valence-corrected chi connectivity index (χ3v) is 4.07. The van der Waals surface area contributed by atoms with E-state index >= 15 is 0 Å². The lowest BCUT2D eigenvalue weighted by Crippen LogP contribution is -2.40. The van der Waals surface area contributed by atoms with Gasteiger partial charge in [0, 0.05) is 32.4 Å². The first-order valence-electron chi connectivity index (χ1n) is 8.68. The quantitative estimate of drug-likeness (QED) is 0.599. The van der Waals surface area contributed by atoms with E-state index in [4.69, 9.17) is 0 Å². The van der Waals surface area contributed by atoms with Gasteiger partial charge in [0.2, 0.25) is 0 Å². The lowest BCUT2D eigenvalue weighted by Gasteiger charge is -2.17. The molecule has 0 aliphatic carbocycles. The van der Waals surface area contributed by atoms with E-state index in [0.717, 1.165) is 24.7 Å². The Labute approximate surface area is 149 Å². The van der Waals surface area contributed by atoms with Gasteiger partial charge >= 0.3 is 0 Å². The zero-order valence-electron chi connectivity index (χ0n) is 15.5. The number of benzene rings is 1. The standard InChI is InChI=1S/C19H28FN5/c1-14(13-25-16(3)11-15(2)24-25)12-23-19(21-4)22-10-9-17-7-5-6-8-18(17)20/h5-8,11,14H,9-10,12-13H2,1-4H3,(H2,21,22,23). The Morgan fingerprint density at radius 3 is 2.68 bits per heavy atom. The molecule has 2 N–H and O–H groups in total. The minimum absolute atomic E-state index is 0.161. The first kappa shape index (κ1) is 19.0. The fraction of sp³-hybridized carbons (Fsp3) is 0.474. The van der Waals surface area contributed by atoms with Gasteiger partial charge in [0.15, 0.2) is 5.96 Å². The highest BCUT2D eigenvalue weighted by atomic mass is 19.1. The number of aliphatic imine (C=N–C) groups is 1. The second kappa shape index (κ2) is 9.20. The van der Waals surface area contributed by atoms with Gasteiger partial charge in [-0.2, -0.15) is 5.10 Å². The van der Waals surface area contributed by atoms with Crippen molar-refractivity contribution in [2.75, 3.05) is 20.1 Å². The number of aryl methyl sites for hydroxylation is 2. The van der Waals surface area contributed by atoms with E-state index in [2.05, 4.69) is 40.6 Å². The molecular weight excluding hydrogens is 317 g/mol.